The van der Waals surface area contributed by atoms with Gasteiger partial charge >= 0.3 is 9.29 Å². The highest BCUT2D eigenvalue weighted by atomic mass is 28.2. The molecule has 0 aliphatic heterocycles. The highest BCUT2D eigenvalue weighted by Gasteiger charge is 1.22. The second kappa shape index (κ2) is 290. The second-order valence-electron chi connectivity index (χ2n) is 0.333. The molecule has 11 heavy (non-hydrogen) atoms. The first-order valence-corrected chi connectivity index (χ1v) is 4.93. The minimum atomic E-state index is -1.42. The van der Waals surface area contributed by atoms with Crippen LogP contribution in [0.5, 0.6) is 0 Å². The van der Waals surface area contributed by atoms with Crippen molar-refractivity contribution in [2.24, 2.45) is 0 Å². The minimum absolute atomic E-state index is 0. The molecule has 0 atom stereocenters. The van der Waals surface area contributed by atoms with E-state index < -0.39 is 9.29 Å². The highest BCUT2D eigenvalue weighted by Crippen LogP contribution is 1.16. The van der Waals surface area contributed by atoms with Crippen LogP contribution in [0.3, 0.4) is 0 Å². The van der Waals surface area contributed by atoms with Crippen molar-refractivity contribution in [1.82, 2.24) is 0 Å². The van der Waals surface area contributed by atoms with Crippen molar-refractivity contribution in [3.8, 4) is 0 Å². The summed E-state index contributed by atoms with van der Waals surface area (Å²) in [6.45, 7) is 8.39. The zero-order valence-corrected chi connectivity index (χ0v) is 8.23. The van der Waals surface area contributed by atoms with Crippen molar-refractivity contribution in [3.63, 3.8) is 0 Å². The molecule has 0 rings (SSSR count). The van der Waals surface area contributed by atoms with Gasteiger partial charge in [0, 0.05) is 0 Å². The van der Waals surface area contributed by atoms with Gasteiger partial charge in [-0.1, -0.05) is 42.0 Å². The van der Waals surface area contributed by atoms with E-state index in [-0.39, 0.29) is 22.3 Å². The quantitative estimate of drug-likeness (QED) is 0.434. The number of rotatable bonds is 0. The summed E-state index contributed by atoms with van der Waals surface area (Å²) in [6.07, 6.45) is 0. The van der Waals surface area contributed by atoms with E-state index in [9.17, 15) is 0 Å². The summed E-state index contributed by atoms with van der Waals surface area (Å²) in [5, 5.41) is 0. The van der Waals surface area contributed by atoms with Gasteiger partial charge in [-0.25, -0.2) is 0 Å². The molecule has 0 unspecified atom stereocenters. The molecule has 0 aromatic carbocycles. The van der Waals surface area contributed by atoms with E-state index in [0.717, 1.165) is 0 Å². The molecule has 0 aromatic heterocycles. The van der Waals surface area contributed by atoms with E-state index in [1.165, 1.54) is 10.2 Å². The molecule has 70 valence electrons. The van der Waals surface area contributed by atoms with Crippen molar-refractivity contribution in [1.29, 1.82) is 0 Å². The Bertz CT molecular complexity index is 68.4. The Morgan fingerprint density at radius 3 is 1.09 bits per heavy atom. The van der Waals surface area contributed by atoms with Crippen LogP contribution in [0, 0.1) is 0 Å². The van der Waals surface area contributed by atoms with Gasteiger partial charge in [0.25, 0.3) is 0 Å². The molecular weight excluding hydrogens is 172 g/mol. The molecule has 0 aromatic rings. The molecule has 0 aliphatic rings. The van der Waals surface area contributed by atoms with Gasteiger partial charge in [0.15, 0.2) is 0 Å². The summed E-state index contributed by atoms with van der Waals surface area (Å²) < 4.78 is 16.8. The minimum Gasteiger partial charge on any atom is -0.274 e. The molecule has 0 heterocycles. The SMILES string of the molecule is C.C.C.C=C=C.C[SiH3].O=[Si]=O. The van der Waals surface area contributed by atoms with Gasteiger partial charge < -0.3 is 0 Å². The molecular formula is C7H22O2Si2. The predicted molar refractivity (Wildman–Crippen MR) is 57.9 cm³/mol. The summed E-state index contributed by atoms with van der Waals surface area (Å²) in [6, 6.07) is 0. The first-order valence-electron chi connectivity index (χ1n) is 2.12. The summed E-state index contributed by atoms with van der Waals surface area (Å²) in [5.41, 5.74) is 2.25. The lowest BCUT2D eigenvalue weighted by atomic mass is 11.0. The lowest BCUT2D eigenvalue weighted by molar-refractivity contribution is 0.497. The molecule has 0 aliphatic carbocycles. The fourth-order valence-corrected chi connectivity index (χ4v) is 0. The molecule has 0 saturated heterocycles. The van der Waals surface area contributed by atoms with Gasteiger partial charge in [0.05, 0.1) is 0 Å². The lowest BCUT2D eigenvalue weighted by Crippen LogP contribution is -1.26. The third kappa shape index (κ3) is 2740. The monoisotopic (exact) mass is 194 g/mol. The Hall–Kier alpha value is -0.446. The molecule has 4 heteroatoms. The highest BCUT2D eigenvalue weighted by molar-refractivity contribution is 6.05. The average molecular weight is 194 g/mol. The topological polar surface area (TPSA) is 34.1 Å². The predicted octanol–water partition coefficient (Wildman–Crippen LogP) is 1.65. The van der Waals surface area contributed by atoms with Gasteiger partial charge in [-0.15, -0.1) is 5.73 Å². The van der Waals surface area contributed by atoms with Crippen molar-refractivity contribution >= 4 is 19.5 Å². The summed E-state index contributed by atoms with van der Waals surface area (Å²) in [5.74, 6) is 0. The smallest absolute Gasteiger partial charge is 0.274 e. The Morgan fingerprint density at radius 1 is 1.09 bits per heavy atom. The Morgan fingerprint density at radius 2 is 1.09 bits per heavy atom. The van der Waals surface area contributed by atoms with Crippen LogP contribution < -0.4 is 0 Å². The van der Waals surface area contributed by atoms with Gasteiger partial charge in [-0.3, -0.25) is 8.92 Å². The van der Waals surface area contributed by atoms with E-state index in [4.69, 9.17) is 8.92 Å². The molecule has 0 amide bonds. The largest absolute Gasteiger partial charge is 0.549 e. The standard InChI is InChI=1S/C3H4.CH6Si.3CH4.O2Si/c1-3-2;1-2;;;;1-3-2/h1-2H2;1-2H3;3*1H4;. The Labute approximate surface area is 76.8 Å². The van der Waals surface area contributed by atoms with Crippen molar-refractivity contribution in [3.05, 3.63) is 18.9 Å². The summed E-state index contributed by atoms with van der Waals surface area (Å²) in [4.78, 5) is 0. The van der Waals surface area contributed by atoms with Gasteiger partial charge in [0.2, 0.25) is 0 Å². The van der Waals surface area contributed by atoms with Crippen LogP contribution >= 0.6 is 0 Å². The Balaban J connectivity index is -0.00000000764. The van der Waals surface area contributed by atoms with E-state index in [2.05, 4.69) is 25.4 Å². The van der Waals surface area contributed by atoms with Gasteiger partial charge in [-0.2, -0.15) is 0 Å². The summed E-state index contributed by atoms with van der Waals surface area (Å²) >= 11 is 0. The fraction of sp³-hybridized carbons (Fsp3) is 0.571. The molecule has 0 spiro atoms. The van der Waals surface area contributed by atoms with Crippen LogP contribution in [0.15, 0.2) is 18.9 Å². The number of hydrogen-bond acceptors (Lipinski definition) is 2. The third-order valence-corrected chi connectivity index (χ3v) is 0. The first kappa shape index (κ1) is 46.5. The zero-order chi connectivity index (χ0) is 7.41. The molecule has 0 saturated carbocycles. The molecule has 0 N–H and O–H groups in total. The maximum Gasteiger partial charge on any atom is 0.549 e. The summed E-state index contributed by atoms with van der Waals surface area (Å²) in [7, 11) is -0.111. The lowest BCUT2D eigenvalue weighted by Gasteiger charge is -1.10. The van der Waals surface area contributed by atoms with E-state index in [0.29, 0.717) is 0 Å². The average Bonchev–Trinajstić information content (AvgIpc) is 1.75. The van der Waals surface area contributed by atoms with Crippen LogP contribution in [-0.2, 0) is 8.92 Å². The van der Waals surface area contributed by atoms with Crippen molar-refractivity contribution < 1.29 is 8.92 Å². The van der Waals surface area contributed by atoms with Crippen molar-refractivity contribution in [2.75, 3.05) is 0 Å². The van der Waals surface area contributed by atoms with Crippen LogP contribution in [0.2, 0.25) is 6.55 Å². The van der Waals surface area contributed by atoms with Crippen molar-refractivity contribution in [2.45, 2.75) is 28.8 Å². The molecule has 0 fully saturated rings. The van der Waals surface area contributed by atoms with Crippen LogP contribution in [-0.4, -0.2) is 19.5 Å². The first-order chi connectivity index (χ1) is 3.83. The zero-order valence-electron chi connectivity index (χ0n) is 5.23. The normalized spacial score (nSPS) is 2.27. The van der Waals surface area contributed by atoms with Gasteiger partial charge in [0.1, 0.15) is 0 Å². The fourth-order valence-electron chi connectivity index (χ4n) is 0. The van der Waals surface area contributed by atoms with Crippen LogP contribution in [0.4, 0.5) is 0 Å². The van der Waals surface area contributed by atoms with Crippen LogP contribution in [0.25, 0.3) is 0 Å². The second-order valence-corrected chi connectivity index (χ2v) is 0.500. The Kier molecular flexibility index (Phi) is 1220. The third-order valence-electron chi connectivity index (χ3n) is 0. The maximum atomic E-state index is 8.40. The van der Waals surface area contributed by atoms with E-state index in [1.54, 1.807) is 0 Å². The maximum absolute atomic E-state index is 8.40. The molecule has 0 bridgehead atoms. The molecule has 2 nitrogen and oxygen atoms in total. The van der Waals surface area contributed by atoms with E-state index in [1.807, 2.05) is 0 Å². The van der Waals surface area contributed by atoms with Crippen LogP contribution in [0.1, 0.15) is 22.3 Å². The van der Waals surface area contributed by atoms with Gasteiger partial charge in [-0.05, 0) is 10.2 Å². The number of hydrogen-bond donors (Lipinski definition) is 0. The van der Waals surface area contributed by atoms with E-state index >= 15 is 0 Å². The molecule has 0 radical (unpaired) electrons.